The van der Waals surface area contributed by atoms with Crippen LogP contribution in [-0.4, -0.2) is 18.4 Å². The fourth-order valence-corrected chi connectivity index (χ4v) is 3.11. The second-order valence-electron chi connectivity index (χ2n) is 7.54. The lowest BCUT2D eigenvalue weighted by molar-refractivity contribution is -0.115. The zero-order valence-electron chi connectivity index (χ0n) is 17.9. The van der Waals surface area contributed by atoms with E-state index in [9.17, 15) is 18.4 Å². The molecule has 0 saturated carbocycles. The van der Waals surface area contributed by atoms with E-state index in [0.29, 0.717) is 23.4 Å². The number of carbonyl (C=O) groups is 2. The van der Waals surface area contributed by atoms with Crippen LogP contribution in [0.2, 0.25) is 0 Å². The van der Waals surface area contributed by atoms with E-state index in [2.05, 4.69) is 16.0 Å². The molecule has 3 N–H and O–H groups in total. The number of rotatable bonds is 8. The Morgan fingerprint density at radius 1 is 0.938 bits per heavy atom. The van der Waals surface area contributed by atoms with Gasteiger partial charge in [0.25, 0.3) is 5.91 Å². The van der Waals surface area contributed by atoms with Gasteiger partial charge in [0.2, 0.25) is 5.91 Å². The average molecular weight is 437 g/mol. The number of carbonyl (C=O) groups excluding carboxylic acids is 2. The van der Waals surface area contributed by atoms with Crippen molar-refractivity contribution < 1.29 is 18.4 Å². The molecule has 0 aliphatic heterocycles. The molecule has 2 amide bonds. The van der Waals surface area contributed by atoms with Gasteiger partial charge in [-0.2, -0.15) is 0 Å². The first-order chi connectivity index (χ1) is 15.3. The molecule has 3 rings (SSSR count). The van der Waals surface area contributed by atoms with Crippen molar-refractivity contribution in [2.24, 2.45) is 0 Å². The van der Waals surface area contributed by atoms with Gasteiger partial charge in [-0.25, -0.2) is 8.78 Å². The van der Waals surface area contributed by atoms with E-state index >= 15 is 0 Å². The van der Waals surface area contributed by atoms with Gasteiger partial charge in [-0.05, 0) is 49.2 Å². The molecule has 0 aliphatic carbocycles. The van der Waals surface area contributed by atoms with Gasteiger partial charge in [-0.3, -0.25) is 9.59 Å². The number of halogens is 2. The van der Waals surface area contributed by atoms with Crippen molar-refractivity contribution in [2.45, 2.75) is 26.4 Å². The Kier molecular flexibility index (Phi) is 7.68. The third-order valence-electron chi connectivity index (χ3n) is 5.03. The maximum Gasteiger partial charge on any atom is 0.253 e. The summed E-state index contributed by atoms with van der Waals surface area (Å²) in [5.74, 6) is -2.52. The van der Waals surface area contributed by atoms with Crippen molar-refractivity contribution in [1.29, 1.82) is 0 Å². The lowest BCUT2D eigenvalue weighted by Gasteiger charge is -2.15. The normalized spacial score (nSPS) is 11.6. The smallest absolute Gasteiger partial charge is 0.253 e. The van der Waals surface area contributed by atoms with Crippen LogP contribution < -0.4 is 16.0 Å². The highest BCUT2D eigenvalue weighted by atomic mass is 19.2. The van der Waals surface area contributed by atoms with Gasteiger partial charge < -0.3 is 16.0 Å². The van der Waals surface area contributed by atoms with Crippen molar-refractivity contribution in [3.63, 3.8) is 0 Å². The van der Waals surface area contributed by atoms with Crippen molar-refractivity contribution >= 4 is 17.5 Å². The number of para-hydroxylation sites is 1. The summed E-state index contributed by atoms with van der Waals surface area (Å²) < 4.78 is 26.5. The van der Waals surface area contributed by atoms with Gasteiger partial charge in [0.05, 0.1) is 17.8 Å². The lowest BCUT2D eigenvalue weighted by Crippen LogP contribution is -2.31. The average Bonchev–Trinajstić information content (AvgIpc) is 2.79. The molecule has 0 bridgehead atoms. The van der Waals surface area contributed by atoms with Gasteiger partial charge in [-0.15, -0.1) is 0 Å². The van der Waals surface area contributed by atoms with Gasteiger partial charge in [0.1, 0.15) is 0 Å². The molecule has 3 aromatic carbocycles. The number of anilines is 1. The topological polar surface area (TPSA) is 70.2 Å². The Morgan fingerprint density at radius 2 is 1.66 bits per heavy atom. The molecule has 1 atom stereocenters. The first-order valence-corrected chi connectivity index (χ1v) is 10.2. The second-order valence-corrected chi connectivity index (χ2v) is 7.54. The first-order valence-electron chi connectivity index (χ1n) is 10.2. The van der Waals surface area contributed by atoms with E-state index in [-0.39, 0.29) is 24.4 Å². The Hall–Kier alpha value is -3.58. The van der Waals surface area contributed by atoms with Crippen LogP contribution in [0.15, 0.2) is 66.7 Å². The summed E-state index contributed by atoms with van der Waals surface area (Å²) in [5.41, 5.74) is 3.37. The van der Waals surface area contributed by atoms with E-state index in [1.165, 1.54) is 6.07 Å². The summed E-state index contributed by atoms with van der Waals surface area (Å²) >= 11 is 0. The monoisotopic (exact) mass is 437 g/mol. The second kappa shape index (κ2) is 10.6. The van der Waals surface area contributed by atoms with E-state index in [1.54, 1.807) is 31.2 Å². The fraction of sp³-hybridized carbons (Fsp3) is 0.200. The highest BCUT2D eigenvalue weighted by Gasteiger charge is 2.14. The number of nitrogens with one attached hydrogen (secondary N) is 3. The molecule has 0 saturated heterocycles. The van der Waals surface area contributed by atoms with Crippen LogP contribution in [0.3, 0.4) is 0 Å². The molecule has 1 unspecified atom stereocenters. The number of amides is 2. The third-order valence-corrected chi connectivity index (χ3v) is 5.03. The summed E-state index contributed by atoms with van der Waals surface area (Å²) in [4.78, 5) is 25.1. The van der Waals surface area contributed by atoms with Crippen LogP contribution in [0.5, 0.6) is 0 Å². The van der Waals surface area contributed by atoms with Crippen LogP contribution >= 0.6 is 0 Å². The molecule has 0 spiro atoms. The molecule has 0 aromatic heterocycles. The van der Waals surface area contributed by atoms with Crippen molar-refractivity contribution in [1.82, 2.24) is 10.6 Å². The molecule has 0 aliphatic rings. The quantitative estimate of drug-likeness (QED) is 0.486. The molecular weight excluding hydrogens is 412 g/mol. The summed E-state index contributed by atoms with van der Waals surface area (Å²) in [6.45, 7) is 4.04. The fourth-order valence-electron chi connectivity index (χ4n) is 3.11. The SMILES string of the molecule is Cc1ccc(CNC(=O)c2ccccc2NC(=O)CNC(C)c2ccc(F)c(F)c2)cc1. The highest BCUT2D eigenvalue weighted by Crippen LogP contribution is 2.17. The Labute approximate surface area is 185 Å². The molecule has 166 valence electrons. The largest absolute Gasteiger partial charge is 0.348 e. The zero-order valence-corrected chi connectivity index (χ0v) is 17.9. The Balaban J connectivity index is 1.57. The van der Waals surface area contributed by atoms with Crippen LogP contribution in [0.25, 0.3) is 0 Å². The summed E-state index contributed by atoms with van der Waals surface area (Å²) in [5, 5.41) is 8.55. The predicted octanol–water partition coefficient (Wildman–Crippen LogP) is 4.49. The predicted molar refractivity (Wildman–Crippen MR) is 120 cm³/mol. The van der Waals surface area contributed by atoms with Crippen LogP contribution in [-0.2, 0) is 11.3 Å². The molecule has 5 nitrogen and oxygen atoms in total. The third kappa shape index (κ3) is 6.21. The maximum atomic E-state index is 13.4. The molecule has 0 radical (unpaired) electrons. The van der Waals surface area contributed by atoms with E-state index < -0.39 is 11.6 Å². The maximum absolute atomic E-state index is 13.4. The van der Waals surface area contributed by atoms with Crippen molar-refractivity contribution in [3.8, 4) is 0 Å². The van der Waals surface area contributed by atoms with Crippen LogP contribution in [0.1, 0.15) is 40.0 Å². The number of hydrogen-bond acceptors (Lipinski definition) is 3. The minimum atomic E-state index is -0.939. The van der Waals surface area contributed by atoms with Crippen molar-refractivity contribution in [2.75, 3.05) is 11.9 Å². The van der Waals surface area contributed by atoms with Crippen LogP contribution in [0.4, 0.5) is 14.5 Å². The standard InChI is InChI=1S/C25H25F2N3O2/c1-16-7-9-18(10-8-16)14-29-25(32)20-5-3-4-6-23(20)30-24(31)15-28-17(2)19-11-12-21(26)22(27)13-19/h3-13,17,28H,14-15H2,1-2H3,(H,29,32)(H,30,31). The molecule has 0 heterocycles. The zero-order chi connectivity index (χ0) is 23.1. The molecule has 0 fully saturated rings. The molecule has 7 heteroatoms. The minimum Gasteiger partial charge on any atom is -0.348 e. The minimum absolute atomic E-state index is 0.0700. The molecular formula is C25H25F2N3O2. The summed E-state index contributed by atoms with van der Waals surface area (Å²) in [7, 11) is 0. The Bertz CT molecular complexity index is 1100. The van der Waals surface area contributed by atoms with Crippen molar-refractivity contribution in [3.05, 3.63) is 101 Å². The summed E-state index contributed by atoms with van der Waals surface area (Å²) in [6, 6.07) is 17.8. The number of hydrogen-bond donors (Lipinski definition) is 3. The van der Waals surface area contributed by atoms with E-state index in [4.69, 9.17) is 0 Å². The Morgan fingerprint density at radius 3 is 2.38 bits per heavy atom. The molecule has 32 heavy (non-hydrogen) atoms. The summed E-state index contributed by atoms with van der Waals surface area (Å²) in [6.07, 6.45) is 0. The van der Waals surface area contributed by atoms with Gasteiger partial charge in [0.15, 0.2) is 11.6 Å². The highest BCUT2D eigenvalue weighted by molar-refractivity contribution is 6.04. The first kappa shape index (κ1) is 23.1. The van der Waals surface area contributed by atoms with E-state index in [0.717, 1.165) is 23.3 Å². The van der Waals surface area contributed by atoms with Gasteiger partial charge in [-0.1, -0.05) is 48.0 Å². The number of benzene rings is 3. The lowest BCUT2D eigenvalue weighted by atomic mass is 10.1. The molecule has 3 aromatic rings. The van der Waals surface area contributed by atoms with Crippen LogP contribution in [0, 0.1) is 18.6 Å². The van der Waals surface area contributed by atoms with Gasteiger partial charge >= 0.3 is 0 Å². The van der Waals surface area contributed by atoms with E-state index in [1.807, 2.05) is 31.2 Å². The van der Waals surface area contributed by atoms with Gasteiger partial charge in [0, 0.05) is 12.6 Å². The number of aryl methyl sites for hydroxylation is 1.